The van der Waals surface area contributed by atoms with E-state index in [1.807, 2.05) is 0 Å². The lowest BCUT2D eigenvalue weighted by Crippen LogP contribution is -2.25. The Labute approximate surface area is 133 Å². The van der Waals surface area contributed by atoms with E-state index < -0.39 is 11.9 Å². The van der Waals surface area contributed by atoms with Crippen molar-refractivity contribution in [1.82, 2.24) is 5.32 Å². The number of amides is 1. The molecule has 0 radical (unpaired) electrons. The summed E-state index contributed by atoms with van der Waals surface area (Å²) in [4.78, 5) is 38.9. The van der Waals surface area contributed by atoms with Crippen LogP contribution >= 0.6 is 11.6 Å². The highest BCUT2D eigenvalue weighted by Gasteiger charge is 2.22. The van der Waals surface area contributed by atoms with Gasteiger partial charge < -0.3 is 10.1 Å². The molecule has 1 unspecified atom stereocenters. The first kappa shape index (κ1) is 17.8. The zero-order valence-electron chi connectivity index (χ0n) is 12.6. The number of carbonyl (C=O) groups excluding carboxylic acids is 3. The number of Topliss-reactive ketones (excluding diaryl/α,β-unsaturated/α-hetero) is 1. The third-order valence-corrected chi connectivity index (χ3v) is 3.19. The molecule has 0 fully saturated rings. The maximum absolute atomic E-state index is 11.7. The fourth-order valence-electron chi connectivity index (χ4n) is 1.65. The van der Waals surface area contributed by atoms with Crippen LogP contribution in [0.3, 0.4) is 0 Å². The van der Waals surface area contributed by atoms with Gasteiger partial charge in [-0.15, -0.1) is 0 Å². The number of nitrogens with one attached hydrogen (secondary N) is 1. The highest BCUT2D eigenvalue weighted by atomic mass is 35.5. The molecule has 0 saturated carbocycles. The Balaban J connectivity index is 3.09. The zero-order chi connectivity index (χ0) is 16.7. The average molecular weight is 325 g/mol. The molecule has 0 heterocycles. The molecule has 1 atom stereocenters. The summed E-state index contributed by atoms with van der Waals surface area (Å²) < 4.78 is 4.82. The molecule has 1 rings (SSSR count). The third kappa shape index (κ3) is 4.39. The van der Waals surface area contributed by atoms with Crippen LogP contribution in [0.2, 0.25) is 5.02 Å². The van der Waals surface area contributed by atoms with E-state index >= 15 is 0 Å². The van der Waals surface area contributed by atoms with Gasteiger partial charge in [0.25, 0.3) is 5.91 Å². The summed E-state index contributed by atoms with van der Waals surface area (Å²) in [6, 6.07) is 4.73. The molecule has 1 aromatic rings. The number of nitrogens with zero attached hydrogens (tertiary/aromatic N) is 1. The minimum Gasteiger partial charge on any atom is -0.465 e. The molecule has 22 heavy (non-hydrogen) atoms. The molecule has 0 aromatic heterocycles. The highest BCUT2D eigenvalue weighted by Crippen LogP contribution is 2.28. The molecule has 7 heteroatoms. The molecule has 1 N–H and O–H groups in total. The van der Waals surface area contributed by atoms with Crippen LogP contribution in [0.15, 0.2) is 23.2 Å². The van der Waals surface area contributed by atoms with Crippen molar-refractivity contribution in [2.45, 2.75) is 13.8 Å². The van der Waals surface area contributed by atoms with E-state index in [4.69, 9.17) is 16.3 Å². The molecule has 1 amide bonds. The number of hydrogen-bond acceptors (Lipinski definition) is 5. The monoisotopic (exact) mass is 324 g/mol. The number of carbonyl (C=O) groups is 3. The molecule has 6 nitrogen and oxygen atoms in total. The van der Waals surface area contributed by atoms with E-state index in [1.54, 1.807) is 25.1 Å². The van der Waals surface area contributed by atoms with Gasteiger partial charge in [0.2, 0.25) is 0 Å². The molecular weight excluding hydrogens is 308 g/mol. The molecule has 1 aromatic carbocycles. The van der Waals surface area contributed by atoms with Crippen LogP contribution in [0.1, 0.15) is 24.2 Å². The molecule has 0 spiro atoms. The van der Waals surface area contributed by atoms with E-state index in [9.17, 15) is 14.4 Å². The van der Waals surface area contributed by atoms with Gasteiger partial charge in [-0.1, -0.05) is 17.7 Å². The second-order valence-corrected chi connectivity index (χ2v) is 4.71. The smallest absolute Gasteiger partial charge is 0.321 e. The number of ether oxygens (including phenoxy) is 1. The molecular formula is C15H17ClN2O4. The van der Waals surface area contributed by atoms with Crippen molar-refractivity contribution < 1.29 is 19.1 Å². The van der Waals surface area contributed by atoms with E-state index in [0.29, 0.717) is 5.69 Å². The molecule has 0 saturated heterocycles. The number of hydrogen-bond donors (Lipinski definition) is 1. The van der Waals surface area contributed by atoms with E-state index in [2.05, 4.69) is 10.3 Å². The van der Waals surface area contributed by atoms with Crippen molar-refractivity contribution in [2.24, 2.45) is 10.9 Å². The highest BCUT2D eigenvalue weighted by molar-refractivity contribution is 6.36. The van der Waals surface area contributed by atoms with Crippen LogP contribution in [-0.4, -0.2) is 37.5 Å². The summed E-state index contributed by atoms with van der Waals surface area (Å²) in [5.74, 6) is -2.51. The Morgan fingerprint density at radius 1 is 1.41 bits per heavy atom. The van der Waals surface area contributed by atoms with Gasteiger partial charge in [0.05, 0.1) is 22.9 Å². The summed E-state index contributed by atoms with van der Waals surface area (Å²) in [5.41, 5.74) is 0.549. The molecule has 0 bridgehead atoms. The van der Waals surface area contributed by atoms with E-state index in [1.165, 1.54) is 20.2 Å². The summed E-state index contributed by atoms with van der Waals surface area (Å²) in [6.07, 6.45) is 1.18. The topological polar surface area (TPSA) is 84.8 Å². The maximum Gasteiger partial charge on any atom is 0.321 e. The van der Waals surface area contributed by atoms with Gasteiger partial charge in [-0.25, -0.2) is 0 Å². The number of ketones is 1. The number of aliphatic imine (C=N–C) groups is 1. The summed E-state index contributed by atoms with van der Waals surface area (Å²) >= 11 is 6.11. The Kier molecular flexibility index (Phi) is 6.72. The minimum atomic E-state index is -1.10. The maximum atomic E-state index is 11.7. The van der Waals surface area contributed by atoms with Crippen molar-refractivity contribution in [3.8, 4) is 0 Å². The lowest BCUT2D eigenvalue weighted by Gasteiger charge is -2.08. The summed E-state index contributed by atoms with van der Waals surface area (Å²) in [5, 5.41) is 2.61. The number of benzene rings is 1. The van der Waals surface area contributed by atoms with Crippen LogP contribution in [0.4, 0.5) is 5.69 Å². The first-order chi connectivity index (χ1) is 10.4. The molecule has 0 aliphatic carbocycles. The molecule has 118 valence electrons. The van der Waals surface area contributed by atoms with Gasteiger partial charge in [-0.05, 0) is 26.0 Å². The van der Waals surface area contributed by atoms with Crippen molar-refractivity contribution >= 4 is 41.2 Å². The lowest BCUT2D eigenvalue weighted by atomic mass is 10.1. The normalized spacial score (nSPS) is 12.0. The number of halogens is 1. The van der Waals surface area contributed by atoms with E-state index in [0.717, 1.165) is 0 Å². The van der Waals surface area contributed by atoms with Crippen LogP contribution in [-0.2, 0) is 14.3 Å². The third-order valence-electron chi connectivity index (χ3n) is 2.79. The quantitative estimate of drug-likeness (QED) is 0.493. The Morgan fingerprint density at radius 2 is 2.09 bits per heavy atom. The standard InChI is InChI=1S/C15H17ClN2O4/c1-4-22-15(21)11(9(2)19)8-18-12-7-5-6-10(13(12)16)14(20)17-3/h5-8,11H,4H2,1-3H3,(H,17,20). The van der Waals surface area contributed by atoms with Gasteiger partial charge in [0.15, 0.2) is 5.92 Å². The van der Waals surface area contributed by atoms with E-state index in [-0.39, 0.29) is 28.9 Å². The fraction of sp³-hybridized carbons (Fsp3) is 0.333. The number of rotatable bonds is 6. The lowest BCUT2D eigenvalue weighted by molar-refractivity contribution is -0.148. The summed E-state index contributed by atoms with van der Waals surface area (Å²) in [6.45, 7) is 3.09. The van der Waals surface area contributed by atoms with Gasteiger partial charge in [0, 0.05) is 13.3 Å². The van der Waals surface area contributed by atoms with Crippen molar-refractivity contribution in [2.75, 3.05) is 13.7 Å². The SMILES string of the molecule is CCOC(=O)C(C=Nc1cccc(C(=O)NC)c1Cl)C(C)=O. The van der Waals surface area contributed by atoms with Gasteiger partial charge in [0.1, 0.15) is 5.78 Å². The van der Waals surface area contributed by atoms with Crippen molar-refractivity contribution in [3.05, 3.63) is 28.8 Å². The largest absolute Gasteiger partial charge is 0.465 e. The van der Waals surface area contributed by atoms with Gasteiger partial charge in [-0.3, -0.25) is 19.4 Å². The Hall–Kier alpha value is -2.21. The van der Waals surface area contributed by atoms with Crippen molar-refractivity contribution in [3.63, 3.8) is 0 Å². The fourth-order valence-corrected chi connectivity index (χ4v) is 1.91. The molecule has 0 aliphatic heterocycles. The average Bonchev–Trinajstić information content (AvgIpc) is 2.48. The number of esters is 1. The Morgan fingerprint density at radius 3 is 2.64 bits per heavy atom. The predicted molar refractivity (Wildman–Crippen MR) is 83.8 cm³/mol. The molecule has 0 aliphatic rings. The first-order valence-electron chi connectivity index (χ1n) is 6.64. The van der Waals surface area contributed by atoms with Gasteiger partial charge >= 0.3 is 5.97 Å². The predicted octanol–water partition coefficient (Wildman–Crippen LogP) is 2.17. The summed E-state index contributed by atoms with van der Waals surface area (Å²) in [7, 11) is 1.49. The minimum absolute atomic E-state index is 0.143. The second kappa shape index (κ2) is 8.29. The van der Waals surface area contributed by atoms with Crippen LogP contribution in [0.25, 0.3) is 0 Å². The van der Waals surface area contributed by atoms with Crippen LogP contribution in [0.5, 0.6) is 0 Å². The van der Waals surface area contributed by atoms with Crippen molar-refractivity contribution in [1.29, 1.82) is 0 Å². The van der Waals surface area contributed by atoms with Crippen LogP contribution < -0.4 is 5.32 Å². The van der Waals surface area contributed by atoms with Gasteiger partial charge in [-0.2, -0.15) is 0 Å². The first-order valence-corrected chi connectivity index (χ1v) is 7.02. The Bertz CT molecular complexity index is 614. The second-order valence-electron chi connectivity index (χ2n) is 4.34. The van der Waals surface area contributed by atoms with Crippen LogP contribution in [0, 0.1) is 5.92 Å². The zero-order valence-corrected chi connectivity index (χ0v) is 13.3.